The third kappa shape index (κ3) is 5.71. The zero-order chi connectivity index (χ0) is 22.1. The lowest BCUT2D eigenvalue weighted by atomic mass is 9.83. The molecular weight excluding hydrogens is 390 g/mol. The van der Waals surface area contributed by atoms with Crippen molar-refractivity contribution in [2.24, 2.45) is 5.92 Å². The molecule has 1 fully saturated rings. The highest BCUT2D eigenvalue weighted by molar-refractivity contribution is 5.95. The van der Waals surface area contributed by atoms with Crippen LogP contribution < -0.4 is 15.4 Å². The number of benzene rings is 1. The molecule has 0 aromatic heterocycles. The first-order chi connectivity index (χ1) is 14.4. The predicted octanol–water partition coefficient (Wildman–Crippen LogP) is 1.77. The number of urea groups is 1. The summed E-state index contributed by atoms with van der Waals surface area (Å²) in [4.78, 5) is 50.3. The minimum Gasteiger partial charge on any atom is -0.496 e. The van der Waals surface area contributed by atoms with E-state index in [9.17, 15) is 19.2 Å². The maximum Gasteiger partial charge on any atom is 0.321 e. The normalized spacial score (nSPS) is 18.5. The smallest absolute Gasteiger partial charge is 0.321 e. The van der Waals surface area contributed by atoms with Crippen LogP contribution in [0.4, 0.5) is 4.79 Å². The summed E-state index contributed by atoms with van der Waals surface area (Å²) in [5, 5.41) is 4.29. The van der Waals surface area contributed by atoms with Gasteiger partial charge in [-0.25, -0.2) is 4.79 Å². The highest BCUT2D eigenvalue weighted by atomic mass is 16.5. The van der Waals surface area contributed by atoms with E-state index < -0.39 is 36.5 Å². The molecule has 1 heterocycles. The van der Waals surface area contributed by atoms with Crippen molar-refractivity contribution in [3.8, 4) is 5.75 Å². The van der Waals surface area contributed by atoms with Crippen LogP contribution >= 0.6 is 0 Å². The number of methoxy groups -OCH3 is 1. The van der Waals surface area contributed by atoms with Crippen LogP contribution in [-0.2, 0) is 19.1 Å². The quantitative estimate of drug-likeness (QED) is 0.621. The lowest BCUT2D eigenvalue weighted by molar-refractivity contribution is -0.159. The number of carbonyl (C=O) groups excluding carboxylic acids is 4. The van der Waals surface area contributed by atoms with Gasteiger partial charge in [-0.15, -0.1) is 0 Å². The molecule has 9 heteroatoms. The Hall–Kier alpha value is -3.10. The molecule has 0 radical (unpaired) electrons. The van der Waals surface area contributed by atoms with E-state index in [2.05, 4.69) is 5.32 Å². The number of piperidine rings is 1. The Morgan fingerprint density at radius 3 is 2.63 bits per heavy atom. The molecule has 1 aliphatic heterocycles. The van der Waals surface area contributed by atoms with E-state index in [0.717, 1.165) is 18.4 Å². The SMILES string of the molecule is CCCCN1C(=O)CC[C@H](C(=O)OCC(=O)NC(=O)NC)[C@@H]1c1ccccc1OC. The van der Waals surface area contributed by atoms with Gasteiger partial charge in [0.2, 0.25) is 5.91 Å². The van der Waals surface area contributed by atoms with Crippen molar-refractivity contribution < 1.29 is 28.7 Å². The number of rotatable bonds is 8. The van der Waals surface area contributed by atoms with E-state index in [0.29, 0.717) is 18.7 Å². The highest BCUT2D eigenvalue weighted by Crippen LogP contribution is 2.41. The van der Waals surface area contributed by atoms with Crippen molar-refractivity contribution in [2.75, 3.05) is 27.3 Å². The Morgan fingerprint density at radius 1 is 1.23 bits per heavy atom. The fraction of sp³-hybridized carbons (Fsp3) is 0.524. The maximum absolute atomic E-state index is 12.9. The van der Waals surface area contributed by atoms with Gasteiger partial charge >= 0.3 is 12.0 Å². The number of nitrogens with zero attached hydrogens (tertiary/aromatic N) is 1. The summed E-state index contributed by atoms with van der Waals surface area (Å²) in [6.07, 6.45) is 2.23. The third-order valence-electron chi connectivity index (χ3n) is 5.04. The summed E-state index contributed by atoms with van der Waals surface area (Å²) in [6.45, 7) is 1.96. The number of nitrogens with one attached hydrogen (secondary N) is 2. The second-order valence-electron chi connectivity index (χ2n) is 7.01. The van der Waals surface area contributed by atoms with E-state index in [1.807, 2.05) is 30.4 Å². The number of carbonyl (C=O) groups is 4. The molecule has 0 unspecified atom stereocenters. The van der Waals surface area contributed by atoms with Crippen molar-refractivity contribution in [1.29, 1.82) is 0 Å². The molecule has 1 aromatic carbocycles. The number of hydrogen-bond acceptors (Lipinski definition) is 6. The fourth-order valence-corrected chi connectivity index (χ4v) is 3.56. The van der Waals surface area contributed by atoms with Gasteiger partial charge in [-0.3, -0.25) is 19.7 Å². The molecule has 0 bridgehead atoms. The number of likely N-dealkylation sites (tertiary alicyclic amines) is 1. The Morgan fingerprint density at radius 2 is 1.97 bits per heavy atom. The van der Waals surface area contributed by atoms with Crippen molar-refractivity contribution in [1.82, 2.24) is 15.5 Å². The largest absolute Gasteiger partial charge is 0.496 e. The summed E-state index contributed by atoms with van der Waals surface area (Å²) in [5.41, 5.74) is 0.723. The van der Waals surface area contributed by atoms with Gasteiger partial charge in [0.15, 0.2) is 6.61 Å². The molecule has 30 heavy (non-hydrogen) atoms. The molecule has 2 rings (SSSR count). The van der Waals surface area contributed by atoms with Gasteiger partial charge in [0.25, 0.3) is 5.91 Å². The van der Waals surface area contributed by atoms with E-state index in [1.54, 1.807) is 11.0 Å². The number of imide groups is 1. The maximum atomic E-state index is 12.9. The van der Waals surface area contributed by atoms with Crippen LogP contribution in [0.2, 0.25) is 0 Å². The van der Waals surface area contributed by atoms with Crippen molar-refractivity contribution in [2.45, 2.75) is 38.6 Å². The molecule has 164 valence electrons. The zero-order valence-corrected chi connectivity index (χ0v) is 17.6. The molecule has 1 aliphatic rings. The molecular formula is C21H29N3O6. The number of hydrogen-bond donors (Lipinski definition) is 2. The summed E-state index contributed by atoms with van der Waals surface area (Å²) in [5.74, 6) is -1.42. The topological polar surface area (TPSA) is 114 Å². The van der Waals surface area contributed by atoms with Crippen LogP contribution in [0.15, 0.2) is 24.3 Å². The van der Waals surface area contributed by atoms with Gasteiger partial charge in [-0.2, -0.15) is 0 Å². The molecule has 1 saturated heterocycles. The van der Waals surface area contributed by atoms with Gasteiger partial charge in [0.1, 0.15) is 5.75 Å². The van der Waals surface area contributed by atoms with Crippen molar-refractivity contribution in [3.63, 3.8) is 0 Å². The molecule has 0 aliphatic carbocycles. The van der Waals surface area contributed by atoms with Gasteiger partial charge in [0.05, 0.1) is 19.1 Å². The summed E-state index contributed by atoms with van der Waals surface area (Å²) in [7, 11) is 2.91. The first kappa shape index (κ1) is 23.2. The first-order valence-corrected chi connectivity index (χ1v) is 10.0. The van der Waals surface area contributed by atoms with Crippen molar-refractivity contribution >= 4 is 23.8 Å². The number of ether oxygens (including phenoxy) is 2. The number of para-hydroxylation sites is 1. The zero-order valence-electron chi connectivity index (χ0n) is 17.6. The van der Waals surface area contributed by atoms with Crippen LogP contribution in [0.25, 0.3) is 0 Å². The number of unbranched alkanes of at least 4 members (excludes halogenated alkanes) is 1. The van der Waals surface area contributed by atoms with Gasteiger partial charge in [0, 0.05) is 25.6 Å². The first-order valence-electron chi connectivity index (χ1n) is 10.0. The summed E-state index contributed by atoms with van der Waals surface area (Å²) in [6, 6.07) is 6.03. The fourth-order valence-electron chi connectivity index (χ4n) is 3.56. The van der Waals surface area contributed by atoms with Crippen LogP contribution in [0.3, 0.4) is 0 Å². The Labute approximate surface area is 176 Å². The predicted molar refractivity (Wildman–Crippen MR) is 109 cm³/mol. The molecule has 0 saturated carbocycles. The van der Waals surface area contributed by atoms with Gasteiger partial charge < -0.3 is 19.7 Å². The second kappa shape index (κ2) is 11.2. The summed E-state index contributed by atoms with van der Waals surface area (Å²) >= 11 is 0. The van der Waals surface area contributed by atoms with E-state index in [1.165, 1.54) is 14.2 Å². The third-order valence-corrected chi connectivity index (χ3v) is 5.04. The van der Waals surface area contributed by atoms with E-state index >= 15 is 0 Å². The van der Waals surface area contributed by atoms with Crippen LogP contribution in [-0.4, -0.2) is 56.0 Å². The number of amides is 4. The number of esters is 1. The standard InChI is InChI=1S/C21H29N3O6/c1-4-5-12-24-18(26)11-10-15(19(24)14-8-6-7-9-16(14)29-3)20(27)30-13-17(25)23-21(28)22-2/h6-9,15,19H,4-5,10-13H2,1-3H3,(H2,22,23,25,28)/t15-,19-/m0/s1. The second-order valence-corrected chi connectivity index (χ2v) is 7.01. The minimum atomic E-state index is -0.730. The lowest BCUT2D eigenvalue weighted by Crippen LogP contribution is -2.47. The minimum absolute atomic E-state index is 0.0271. The molecule has 4 amide bonds. The average molecular weight is 419 g/mol. The van der Waals surface area contributed by atoms with Gasteiger partial charge in [-0.05, 0) is 18.9 Å². The molecule has 2 N–H and O–H groups in total. The van der Waals surface area contributed by atoms with Crippen molar-refractivity contribution in [3.05, 3.63) is 29.8 Å². The Balaban J connectivity index is 2.26. The molecule has 1 aromatic rings. The molecule has 2 atom stereocenters. The molecule has 9 nitrogen and oxygen atoms in total. The lowest BCUT2D eigenvalue weighted by Gasteiger charge is -2.40. The Bertz CT molecular complexity index is 782. The van der Waals surface area contributed by atoms with Crippen LogP contribution in [0.1, 0.15) is 44.2 Å². The molecule has 0 spiro atoms. The van der Waals surface area contributed by atoms with E-state index in [4.69, 9.17) is 9.47 Å². The highest BCUT2D eigenvalue weighted by Gasteiger charge is 2.42. The average Bonchev–Trinajstić information content (AvgIpc) is 2.76. The van der Waals surface area contributed by atoms with Gasteiger partial charge in [-0.1, -0.05) is 31.5 Å². The van der Waals surface area contributed by atoms with Crippen LogP contribution in [0, 0.1) is 5.92 Å². The summed E-state index contributed by atoms with van der Waals surface area (Å²) < 4.78 is 10.7. The van der Waals surface area contributed by atoms with E-state index in [-0.39, 0.29) is 12.3 Å². The van der Waals surface area contributed by atoms with Crippen LogP contribution in [0.5, 0.6) is 5.75 Å². The Kier molecular flexibility index (Phi) is 8.64. The monoisotopic (exact) mass is 419 g/mol.